The van der Waals surface area contributed by atoms with E-state index in [1.807, 2.05) is 0 Å². The first kappa shape index (κ1) is 12.0. The van der Waals surface area contributed by atoms with Crippen LogP contribution >= 0.6 is 0 Å². The van der Waals surface area contributed by atoms with Gasteiger partial charge in [-0.3, -0.25) is 0 Å². The Labute approximate surface area is 88.0 Å². The molecule has 1 aliphatic heterocycles. The lowest BCUT2D eigenvalue weighted by Gasteiger charge is -2.38. The number of hydrogen-bond donors (Lipinski definition) is 0. The lowest BCUT2D eigenvalue weighted by molar-refractivity contribution is -0.245. The van der Waals surface area contributed by atoms with Gasteiger partial charge in [-0.05, 0) is 12.8 Å². The van der Waals surface area contributed by atoms with Gasteiger partial charge in [0, 0.05) is 11.3 Å². The Hall–Kier alpha value is -0.0800. The molecular weight excluding hydrogens is 176 g/mol. The molecule has 84 valence electrons. The molecule has 1 fully saturated rings. The fraction of sp³-hybridized carbons (Fsp3) is 1.00. The highest BCUT2D eigenvalue weighted by Crippen LogP contribution is 2.30. The van der Waals surface area contributed by atoms with Crippen molar-refractivity contribution >= 4 is 0 Å². The van der Waals surface area contributed by atoms with Crippen LogP contribution in [0.25, 0.3) is 0 Å². The van der Waals surface area contributed by atoms with Crippen molar-refractivity contribution < 1.29 is 9.47 Å². The largest absolute Gasteiger partial charge is 0.352 e. The lowest BCUT2D eigenvalue weighted by atomic mass is 9.88. The van der Waals surface area contributed by atoms with Gasteiger partial charge in [0.15, 0.2) is 6.29 Å². The lowest BCUT2D eigenvalue weighted by Crippen LogP contribution is -2.41. The van der Waals surface area contributed by atoms with Gasteiger partial charge in [0.2, 0.25) is 0 Å². The van der Waals surface area contributed by atoms with Crippen molar-refractivity contribution in [3.8, 4) is 0 Å². The van der Waals surface area contributed by atoms with Crippen LogP contribution in [-0.2, 0) is 9.47 Å². The average molecular weight is 200 g/mol. The first-order chi connectivity index (χ1) is 6.61. The zero-order chi connectivity index (χ0) is 10.6. The van der Waals surface area contributed by atoms with E-state index in [9.17, 15) is 0 Å². The molecule has 1 rings (SSSR count). The van der Waals surface area contributed by atoms with E-state index in [1.54, 1.807) is 0 Å². The van der Waals surface area contributed by atoms with Crippen molar-refractivity contribution in [2.75, 3.05) is 13.2 Å². The fourth-order valence-corrected chi connectivity index (χ4v) is 1.78. The molecule has 0 radical (unpaired) electrons. The van der Waals surface area contributed by atoms with Crippen molar-refractivity contribution in [3.05, 3.63) is 0 Å². The number of hydrogen-bond acceptors (Lipinski definition) is 2. The smallest absolute Gasteiger partial charge is 0.160 e. The summed E-state index contributed by atoms with van der Waals surface area (Å²) < 4.78 is 11.6. The van der Waals surface area contributed by atoms with Crippen LogP contribution in [0.3, 0.4) is 0 Å². The predicted octanol–water partition coefficient (Wildman–Crippen LogP) is 3.21. The van der Waals surface area contributed by atoms with Crippen molar-refractivity contribution in [3.63, 3.8) is 0 Å². The van der Waals surface area contributed by atoms with E-state index in [0.29, 0.717) is 5.92 Å². The van der Waals surface area contributed by atoms with Crippen LogP contribution in [0.5, 0.6) is 0 Å². The highest BCUT2D eigenvalue weighted by Gasteiger charge is 2.32. The van der Waals surface area contributed by atoms with Crippen molar-refractivity contribution in [1.29, 1.82) is 0 Å². The Kier molecular flexibility index (Phi) is 4.39. The van der Waals surface area contributed by atoms with Crippen LogP contribution in [0, 0.1) is 11.3 Å². The van der Waals surface area contributed by atoms with Crippen molar-refractivity contribution in [2.24, 2.45) is 11.3 Å². The third-order valence-electron chi connectivity index (χ3n) is 3.25. The molecule has 1 saturated heterocycles. The van der Waals surface area contributed by atoms with Crippen LogP contribution in [-0.4, -0.2) is 19.5 Å². The van der Waals surface area contributed by atoms with E-state index in [4.69, 9.17) is 9.47 Å². The molecule has 14 heavy (non-hydrogen) atoms. The van der Waals surface area contributed by atoms with E-state index in [2.05, 4.69) is 27.7 Å². The third kappa shape index (κ3) is 2.96. The Morgan fingerprint density at radius 1 is 1.29 bits per heavy atom. The molecule has 0 bridgehead atoms. The second-order valence-electron chi connectivity index (χ2n) is 4.92. The summed E-state index contributed by atoms with van der Waals surface area (Å²) in [4.78, 5) is 0. The average Bonchev–Trinajstić information content (AvgIpc) is 2.19. The monoisotopic (exact) mass is 200 g/mol. The molecule has 0 aromatic rings. The van der Waals surface area contributed by atoms with Gasteiger partial charge in [0.25, 0.3) is 0 Å². The van der Waals surface area contributed by atoms with Gasteiger partial charge in [-0.25, -0.2) is 0 Å². The Bertz CT molecular complexity index is 160. The quantitative estimate of drug-likeness (QED) is 0.693. The normalized spacial score (nSPS) is 35.6. The van der Waals surface area contributed by atoms with E-state index in [-0.39, 0.29) is 11.7 Å². The maximum absolute atomic E-state index is 5.78. The van der Waals surface area contributed by atoms with Gasteiger partial charge < -0.3 is 9.47 Å². The first-order valence-corrected chi connectivity index (χ1v) is 5.84. The van der Waals surface area contributed by atoms with Gasteiger partial charge in [0.05, 0.1) is 13.2 Å². The zero-order valence-corrected chi connectivity index (χ0v) is 10.0. The molecule has 0 aromatic heterocycles. The van der Waals surface area contributed by atoms with E-state index >= 15 is 0 Å². The number of rotatable bonds is 4. The molecule has 0 saturated carbocycles. The SMILES string of the molecule is CCCC(C)C1OCC(C)(CC)CO1. The first-order valence-electron chi connectivity index (χ1n) is 5.84. The Balaban J connectivity index is 2.35. The molecule has 1 heterocycles. The fourth-order valence-electron chi connectivity index (χ4n) is 1.78. The van der Waals surface area contributed by atoms with Crippen molar-refractivity contribution in [1.82, 2.24) is 0 Å². The van der Waals surface area contributed by atoms with E-state index in [0.717, 1.165) is 19.6 Å². The standard InChI is InChI=1S/C12H24O2/c1-5-7-10(3)11-13-8-12(4,6-2)9-14-11/h10-11H,5-9H2,1-4H3. The molecule has 1 unspecified atom stereocenters. The zero-order valence-electron chi connectivity index (χ0n) is 10.0. The highest BCUT2D eigenvalue weighted by molar-refractivity contribution is 4.76. The maximum atomic E-state index is 5.78. The van der Waals surface area contributed by atoms with Gasteiger partial charge in [-0.2, -0.15) is 0 Å². The summed E-state index contributed by atoms with van der Waals surface area (Å²) >= 11 is 0. The molecule has 2 nitrogen and oxygen atoms in total. The summed E-state index contributed by atoms with van der Waals surface area (Å²) in [5, 5.41) is 0. The summed E-state index contributed by atoms with van der Waals surface area (Å²) in [7, 11) is 0. The number of ether oxygens (including phenoxy) is 2. The van der Waals surface area contributed by atoms with Crippen LogP contribution in [0.1, 0.15) is 47.0 Å². The molecule has 1 atom stereocenters. The molecule has 2 heteroatoms. The topological polar surface area (TPSA) is 18.5 Å². The molecule has 0 amide bonds. The van der Waals surface area contributed by atoms with Gasteiger partial charge >= 0.3 is 0 Å². The summed E-state index contributed by atoms with van der Waals surface area (Å²) in [5.41, 5.74) is 0.239. The van der Waals surface area contributed by atoms with Crippen LogP contribution in [0.4, 0.5) is 0 Å². The minimum atomic E-state index is 0.0366. The van der Waals surface area contributed by atoms with Gasteiger partial charge in [-0.1, -0.05) is 34.1 Å². The minimum absolute atomic E-state index is 0.0366. The molecule has 0 N–H and O–H groups in total. The Morgan fingerprint density at radius 3 is 2.29 bits per heavy atom. The molecule has 1 aliphatic rings. The minimum Gasteiger partial charge on any atom is -0.352 e. The second kappa shape index (κ2) is 5.13. The van der Waals surface area contributed by atoms with Crippen LogP contribution in [0.15, 0.2) is 0 Å². The molecular formula is C12H24O2. The summed E-state index contributed by atoms with van der Waals surface area (Å²) in [5.74, 6) is 0.529. The van der Waals surface area contributed by atoms with Gasteiger partial charge in [0.1, 0.15) is 0 Å². The third-order valence-corrected chi connectivity index (χ3v) is 3.25. The van der Waals surface area contributed by atoms with Crippen LogP contribution < -0.4 is 0 Å². The molecule has 0 spiro atoms. The maximum Gasteiger partial charge on any atom is 0.160 e. The van der Waals surface area contributed by atoms with E-state index in [1.165, 1.54) is 12.8 Å². The molecule has 0 aromatic carbocycles. The van der Waals surface area contributed by atoms with Crippen molar-refractivity contribution in [2.45, 2.75) is 53.2 Å². The van der Waals surface area contributed by atoms with Crippen LogP contribution in [0.2, 0.25) is 0 Å². The summed E-state index contributed by atoms with van der Waals surface area (Å²) in [6.45, 7) is 10.5. The highest BCUT2D eigenvalue weighted by atomic mass is 16.7. The Morgan fingerprint density at radius 2 is 1.86 bits per heavy atom. The predicted molar refractivity (Wildman–Crippen MR) is 58.2 cm³/mol. The van der Waals surface area contributed by atoms with Gasteiger partial charge in [-0.15, -0.1) is 0 Å². The van der Waals surface area contributed by atoms with E-state index < -0.39 is 0 Å². The summed E-state index contributed by atoms with van der Waals surface area (Å²) in [6.07, 6.45) is 3.56. The second-order valence-corrected chi connectivity index (χ2v) is 4.92. The molecule has 0 aliphatic carbocycles. The summed E-state index contributed by atoms with van der Waals surface area (Å²) in [6, 6.07) is 0.